The highest BCUT2D eigenvalue weighted by atomic mass is 79.9. The third kappa shape index (κ3) is 28.5. The Morgan fingerprint density at radius 2 is 0.745 bits per heavy atom. The number of likely N-dealkylation sites (tertiary alicyclic amines) is 4. The lowest BCUT2D eigenvalue weighted by atomic mass is 9.95. The maximum Gasteiger partial charge on any atom is 0.338 e. The molecule has 8 aromatic rings. The van der Waals surface area contributed by atoms with E-state index in [0.29, 0.717) is 146 Å². The van der Waals surface area contributed by atoms with Crippen LogP contribution in [-0.2, 0) is 47.7 Å². The average Bonchev–Trinajstić information content (AvgIpc) is 1.70. The third-order valence-corrected chi connectivity index (χ3v) is 30.2. The molecule has 2 unspecified atom stereocenters. The lowest BCUT2D eigenvalue weighted by molar-refractivity contribution is -0.142. The molecule has 0 spiro atoms. The Kier molecular flexibility index (Phi) is 38.5. The van der Waals surface area contributed by atoms with Crippen LogP contribution in [0.2, 0.25) is 15.1 Å². The predicted molar refractivity (Wildman–Crippen MR) is 535 cm³/mol. The maximum atomic E-state index is 14.7. The van der Waals surface area contributed by atoms with Gasteiger partial charge in [0.15, 0.2) is 43.4 Å². The van der Waals surface area contributed by atoms with Crippen molar-refractivity contribution in [2.24, 2.45) is 31.8 Å². The minimum atomic E-state index is -2.96. The number of halogens is 15. The number of carbonyl (C=O) groups is 6. The van der Waals surface area contributed by atoms with Crippen LogP contribution >= 0.6 is 112 Å². The largest absolute Gasteiger partial charge is 0.481 e. The molecular weight excluding hydrogens is 2190 g/mol. The van der Waals surface area contributed by atoms with Crippen molar-refractivity contribution in [2.75, 3.05) is 93.0 Å². The van der Waals surface area contributed by atoms with Gasteiger partial charge in [0, 0.05) is 180 Å². The Morgan fingerprint density at radius 3 is 1.03 bits per heavy atom. The monoisotopic (exact) mass is 2280 g/mol. The number of methoxy groups -OCH3 is 2. The van der Waals surface area contributed by atoms with Crippen LogP contribution in [0.4, 0.5) is 43.9 Å². The first-order valence-corrected chi connectivity index (χ1v) is 51.9. The zero-order valence-electron chi connectivity index (χ0n) is 78.5. The molecule has 16 rings (SSSR count). The van der Waals surface area contributed by atoms with E-state index in [1.54, 1.807) is 126 Å². The van der Waals surface area contributed by atoms with Crippen LogP contribution in [0.1, 0.15) is 158 Å². The topological polar surface area (TPSA) is 382 Å². The predicted octanol–water partition coefficient (Wildman–Crippen LogP) is 17.8. The average molecular weight is 2290 g/mol. The number of carbonyl (C=O) groups excluding carboxylic acids is 4. The van der Waals surface area contributed by atoms with Crippen molar-refractivity contribution in [1.29, 1.82) is 0 Å². The number of alkyl halides is 8. The van der Waals surface area contributed by atoms with Crippen LogP contribution in [0.5, 0.6) is 0 Å². The molecule has 4 aromatic heterocycles. The van der Waals surface area contributed by atoms with Gasteiger partial charge in [0.1, 0.15) is 35.8 Å². The Morgan fingerprint density at radius 1 is 0.441 bits per heavy atom. The molecule has 8 N–H and O–H groups in total. The number of hydrogen-bond acceptors (Lipinski definition) is 32. The zero-order valence-corrected chi connectivity index (χ0v) is 87.2. The van der Waals surface area contributed by atoms with Gasteiger partial charge in [-0.25, -0.2) is 83.0 Å². The summed E-state index contributed by atoms with van der Waals surface area (Å²) >= 11 is 31.1. The van der Waals surface area contributed by atoms with Crippen molar-refractivity contribution < 1.29 is 112 Å². The summed E-state index contributed by atoms with van der Waals surface area (Å²) < 4.78 is 164. The van der Waals surface area contributed by atoms with Crippen LogP contribution in [-0.4, -0.2) is 260 Å². The standard InChI is InChI=1S/C27H31ClF2N4O4S.C26H28Cl2F2N4O4S.C22H22BrF3N4O3S.C21H20BrF3N4O3S/c1-3-38-26(37)21-20(14-34-15-27(29,30)13-17(34)8-6-7-16(2)25(35)36)32-23(24-31-11-12-39-24)33-22(21)18-9-4-5-10-19(18)28;1-14(24(35)36)4-3-5-16-11-26(29,30)13-34(16)12-19-20(25(37)38-2)21(17-7-6-15(27)10-18(17)28)33-22(32-19)23-31-8-9-39-23;1-2-33-21(32)17-16(9-30-11-22(25,26)8-13(30)10-31)28-19(20-27-5-6-34-20)29-18(17)14-4-3-12(24)7-15(14)23;1-32-20(31)16-15(8-29-10-21(24,25)7-12(29)9-30)27-18(19-26-4-5-33-19)28-17(16)13-3-2-11(23)6-14(13)22/h4-5,9-12,16-17,22H,3,6-8,13-15H2,1-2H3,(H,32,33)(H,35,36);6-10,14,16,21H,3-5,11-13H2,1-2H3,(H,32,33)(H,35,36);3-7,13,18,31H,2,8-11H2,1H3,(H,28,29);2-6,12,17,30H,7-10H2,1H3,(H,27,28)/t16?,17-,22+;14?,16-,21+;13-,18-;12-,17-/m1100/s1. The first-order valence-electron chi connectivity index (χ1n) is 45.7. The number of aromatic nitrogens is 4. The summed E-state index contributed by atoms with van der Waals surface area (Å²) in [6.45, 7) is 3.65. The number of aliphatic imine (C=N–C) groups is 4. The summed E-state index contributed by atoms with van der Waals surface area (Å²) in [5.74, 6) is -16.8. The second-order valence-electron chi connectivity index (χ2n) is 35.1. The molecule has 0 radical (unpaired) electrons. The molecule has 778 valence electrons. The molecule has 0 bridgehead atoms. The molecule has 49 heteroatoms. The van der Waals surface area contributed by atoms with Crippen molar-refractivity contribution >= 4 is 171 Å². The number of rotatable bonds is 34. The number of ether oxygens (including phenoxy) is 4. The van der Waals surface area contributed by atoms with Gasteiger partial charge < -0.3 is 60.6 Å². The second kappa shape index (κ2) is 49.8. The molecule has 4 saturated heterocycles. The number of nitrogens with one attached hydrogen (secondary N) is 4. The Hall–Kier alpha value is -10.1. The highest BCUT2D eigenvalue weighted by Gasteiger charge is 2.52. The summed E-state index contributed by atoms with van der Waals surface area (Å²) in [5.41, 5.74) is 4.06. The maximum absolute atomic E-state index is 14.7. The van der Waals surface area contributed by atoms with E-state index in [-0.39, 0.29) is 79.5 Å². The molecule has 30 nitrogen and oxygen atoms in total. The van der Waals surface area contributed by atoms with Crippen LogP contribution in [0.15, 0.2) is 199 Å². The van der Waals surface area contributed by atoms with Gasteiger partial charge in [-0.3, -0.25) is 49.2 Å². The number of thiazole rings is 4. The van der Waals surface area contributed by atoms with E-state index in [4.69, 9.17) is 68.8 Å². The highest BCUT2D eigenvalue weighted by molar-refractivity contribution is 9.10. The lowest BCUT2D eigenvalue weighted by Gasteiger charge is -2.31. The number of aliphatic hydroxyl groups is 2. The minimum Gasteiger partial charge on any atom is -0.481 e. The van der Waals surface area contributed by atoms with Crippen molar-refractivity contribution in [3.05, 3.63) is 248 Å². The van der Waals surface area contributed by atoms with Gasteiger partial charge in [0.2, 0.25) is 0 Å². The molecule has 12 heterocycles. The number of aliphatic carboxylic acids is 2. The minimum absolute atomic E-state index is 0.00865. The molecule has 4 fully saturated rings. The van der Waals surface area contributed by atoms with Gasteiger partial charge in [-0.2, -0.15) is 0 Å². The molecular formula is C96H101Br2Cl3F10N16O14S4. The van der Waals surface area contributed by atoms with Gasteiger partial charge in [-0.15, -0.1) is 45.3 Å². The Bertz CT molecular complexity index is 6260. The Labute approximate surface area is 874 Å². The van der Waals surface area contributed by atoms with Crippen LogP contribution < -0.4 is 21.3 Å². The normalized spacial score (nSPS) is 22.2. The highest BCUT2D eigenvalue weighted by Crippen LogP contribution is 2.47. The summed E-state index contributed by atoms with van der Waals surface area (Å²) in [7, 11) is 2.45. The number of amidine groups is 4. The van der Waals surface area contributed by atoms with E-state index in [2.05, 4.69) is 83.0 Å². The summed E-state index contributed by atoms with van der Waals surface area (Å²) in [4.78, 5) is 117. The number of benzene rings is 4. The SMILES string of the molecule is CCOC(=O)C1=C(CN2CC(F)(F)C[C@H]2CCCC(C)C(=O)O)NC(c2nccs2)=N[C@H]1c1ccccc1Cl.CCOC(=O)C1=C(CN2CC(F)(F)C[C@H]2CO)NC(c2nccs2)=N[C@H]1c1ccc(F)cc1Br.COC(=O)C1=C(CN2CC(F)(F)C[C@H]2CCCC(C)C(=O)O)NC(c2nccs2)=N[C@H]1c1ccc(Cl)cc1Cl.COC(=O)C1=C(CN2CC(F)(F)C[C@H]2CO)NC(c2nccs2)=N[C@H]1c1ccc(F)cc1Br. The van der Waals surface area contributed by atoms with E-state index in [0.717, 1.165) is 0 Å². The number of carboxylic acids is 2. The number of nitrogens with zero attached hydrogens (tertiary/aromatic N) is 12. The van der Waals surface area contributed by atoms with Gasteiger partial charge in [-0.05, 0) is 93.1 Å². The summed E-state index contributed by atoms with van der Waals surface area (Å²) in [6, 6.07) is 13.9. The fourth-order valence-electron chi connectivity index (χ4n) is 18.0. The molecule has 0 aliphatic carbocycles. The Balaban J connectivity index is 0.000000162. The lowest BCUT2D eigenvalue weighted by Crippen LogP contribution is -2.42. The summed E-state index contributed by atoms with van der Waals surface area (Å²) in [6.07, 6.45) is 7.36. The molecule has 0 amide bonds. The quantitative estimate of drug-likeness (QED) is 0.0105. The van der Waals surface area contributed by atoms with Crippen molar-refractivity contribution in [2.45, 2.75) is 164 Å². The molecule has 10 atom stereocenters. The number of carboxylic acid groups (broad SMARTS) is 2. The smallest absolute Gasteiger partial charge is 0.338 e. The van der Waals surface area contributed by atoms with E-state index in [9.17, 15) is 88.0 Å². The first kappa shape index (κ1) is 112. The first-order chi connectivity index (χ1) is 69.0. The van der Waals surface area contributed by atoms with Crippen LogP contribution in [0, 0.1) is 23.5 Å². The van der Waals surface area contributed by atoms with Crippen molar-refractivity contribution in [3.63, 3.8) is 0 Å². The second-order valence-corrected chi connectivity index (χ2v) is 41.6. The van der Waals surface area contributed by atoms with E-state index in [1.165, 1.54) is 106 Å². The van der Waals surface area contributed by atoms with Crippen LogP contribution in [0.3, 0.4) is 0 Å². The zero-order chi connectivity index (χ0) is 105. The van der Waals surface area contributed by atoms with E-state index >= 15 is 0 Å². The number of hydrogen-bond donors (Lipinski definition) is 8. The fraction of sp³-hybridized carbons (Fsp3) is 0.438. The molecule has 4 aromatic carbocycles. The number of esters is 4. The van der Waals surface area contributed by atoms with Gasteiger partial charge >= 0.3 is 35.8 Å². The fourth-order valence-corrected chi connectivity index (χ4v) is 22.2. The molecule has 8 aliphatic rings. The van der Waals surface area contributed by atoms with Crippen LogP contribution in [0.25, 0.3) is 0 Å². The van der Waals surface area contributed by atoms with Crippen molar-refractivity contribution in [1.82, 2.24) is 60.8 Å². The summed E-state index contributed by atoms with van der Waals surface area (Å²) in [5, 5.41) is 60.6. The van der Waals surface area contributed by atoms with Gasteiger partial charge in [0.05, 0.1) is 101 Å². The van der Waals surface area contributed by atoms with Crippen molar-refractivity contribution in [3.8, 4) is 0 Å². The van der Waals surface area contributed by atoms with Gasteiger partial charge in [-0.1, -0.05) is 130 Å². The number of aliphatic hydroxyl groups excluding tert-OH is 2. The third-order valence-electron chi connectivity index (χ3n) is 24.8. The van der Waals surface area contributed by atoms with Gasteiger partial charge in [0.25, 0.3) is 23.7 Å². The molecule has 0 saturated carbocycles. The molecule has 145 heavy (non-hydrogen) atoms. The van der Waals surface area contributed by atoms with E-state index < -0.39 is 184 Å². The van der Waals surface area contributed by atoms with E-state index in [1.807, 2.05) is 0 Å². The molecule has 8 aliphatic heterocycles.